The van der Waals surface area contributed by atoms with Crippen molar-refractivity contribution >= 4 is 32.9 Å². The summed E-state index contributed by atoms with van der Waals surface area (Å²) in [5.74, 6) is 0. The summed E-state index contributed by atoms with van der Waals surface area (Å²) in [5.41, 5.74) is 6.06. The van der Waals surface area contributed by atoms with Gasteiger partial charge in [0.2, 0.25) is 5.13 Å². The lowest BCUT2D eigenvalue weighted by Crippen LogP contribution is -2.07. The average molecular weight is 414 g/mol. The molecule has 29 heavy (non-hydrogen) atoms. The number of alkyl halides is 3. The van der Waals surface area contributed by atoms with E-state index in [9.17, 15) is 13.2 Å². The molecule has 0 aliphatic rings. The van der Waals surface area contributed by atoms with Gasteiger partial charge in [0.1, 0.15) is 0 Å². The van der Waals surface area contributed by atoms with Crippen molar-refractivity contribution in [2.45, 2.75) is 20.0 Å². The largest absolute Gasteiger partial charge is 0.416 e. The van der Waals surface area contributed by atoms with Crippen molar-refractivity contribution in [3.8, 4) is 5.69 Å². The molecule has 2 heterocycles. The highest BCUT2D eigenvalue weighted by Crippen LogP contribution is 2.31. The van der Waals surface area contributed by atoms with Gasteiger partial charge in [-0.05, 0) is 50.2 Å². The molecule has 4 rings (SSSR count). The fraction of sp³-hybridized carbons (Fsp3) is 0.143. The lowest BCUT2D eigenvalue weighted by molar-refractivity contribution is -0.137. The van der Waals surface area contributed by atoms with Gasteiger partial charge >= 0.3 is 6.18 Å². The molecule has 4 nitrogen and oxygen atoms in total. The van der Waals surface area contributed by atoms with E-state index in [0.29, 0.717) is 10.8 Å². The second-order valence-corrected chi connectivity index (χ2v) is 7.60. The number of aryl methyl sites for hydroxylation is 1. The van der Waals surface area contributed by atoms with Gasteiger partial charge in [0.25, 0.3) is 0 Å². The van der Waals surface area contributed by atoms with Crippen molar-refractivity contribution in [3.63, 3.8) is 0 Å². The van der Waals surface area contributed by atoms with Crippen LogP contribution >= 0.6 is 11.3 Å². The molecule has 0 unspecified atom stereocenters. The molecule has 2 aromatic heterocycles. The van der Waals surface area contributed by atoms with E-state index >= 15 is 0 Å². The topological polar surface area (TPSA) is 42.2 Å². The van der Waals surface area contributed by atoms with Crippen LogP contribution in [0.15, 0.2) is 59.7 Å². The molecule has 4 aromatic rings. The van der Waals surface area contributed by atoms with Crippen LogP contribution < -0.4 is 5.43 Å². The van der Waals surface area contributed by atoms with Crippen LogP contribution in [-0.4, -0.2) is 15.8 Å². The van der Waals surface area contributed by atoms with Crippen molar-refractivity contribution in [1.82, 2.24) is 9.55 Å². The first-order valence-electron chi connectivity index (χ1n) is 8.84. The number of halogens is 3. The van der Waals surface area contributed by atoms with E-state index in [2.05, 4.69) is 15.5 Å². The van der Waals surface area contributed by atoms with Crippen molar-refractivity contribution < 1.29 is 13.2 Å². The minimum atomic E-state index is -4.38. The molecular formula is C21H17F3N4S. The Bertz CT molecular complexity index is 1170. The predicted molar refractivity (Wildman–Crippen MR) is 111 cm³/mol. The molecule has 0 amide bonds. The molecule has 0 bridgehead atoms. The Morgan fingerprint density at radius 1 is 1.07 bits per heavy atom. The molecule has 0 saturated carbocycles. The molecule has 2 aromatic carbocycles. The molecule has 0 atom stereocenters. The number of anilines is 1. The van der Waals surface area contributed by atoms with Crippen LogP contribution in [0.5, 0.6) is 0 Å². The second kappa shape index (κ2) is 7.36. The van der Waals surface area contributed by atoms with Crippen LogP contribution in [0, 0.1) is 13.8 Å². The maximum atomic E-state index is 13.1. The average Bonchev–Trinajstić information content (AvgIpc) is 3.21. The minimum Gasteiger partial charge on any atom is -0.318 e. The summed E-state index contributed by atoms with van der Waals surface area (Å²) in [7, 11) is 0. The van der Waals surface area contributed by atoms with Gasteiger partial charge in [-0.2, -0.15) is 18.3 Å². The van der Waals surface area contributed by atoms with Crippen LogP contribution in [0.3, 0.4) is 0 Å². The molecule has 0 radical (unpaired) electrons. The van der Waals surface area contributed by atoms with E-state index in [0.717, 1.165) is 39.3 Å². The Hall–Kier alpha value is -3.13. The van der Waals surface area contributed by atoms with Crippen LogP contribution in [0.1, 0.15) is 22.5 Å². The number of nitrogens with zero attached hydrogens (tertiary/aromatic N) is 3. The highest BCUT2D eigenvalue weighted by molar-refractivity contribution is 7.22. The van der Waals surface area contributed by atoms with Gasteiger partial charge in [0, 0.05) is 22.6 Å². The molecule has 8 heteroatoms. The summed E-state index contributed by atoms with van der Waals surface area (Å²) < 4.78 is 42.0. The summed E-state index contributed by atoms with van der Waals surface area (Å²) in [5, 5.41) is 4.93. The summed E-state index contributed by atoms with van der Waals surface area (Å²) in [6.07, 6.45) is -2.73. The maximum Gasteiger partial charge on any atom is 0.416 e. The summed E-state index contributed by atoms with van der Waals surface area (Å²) >= 11 is 1.50. The van der Waals surface area contributed by atoms with Gasteiger partial charge in [0.15, 0.2) is 0 Å². The number of rotatable bonds is 4. The van der Waals surface area contributed by atoms with E-state index < -0.39 is 11.7 Å². The van der Waals surface area contributed by atoms with Gasteiger partial charge in [-0.1, -0.05) is 29.5 Å². The highest BCUT2D eigenvalue weighted by Gasteiger charge is 2.30. The molecule has 0 spiro atoms. The van der Waals surface area contributed by atoms with Crippen LogP contribution in [0.4, 0.5) is 18.3 Å². The Labute approximate surface area is 169 Å². The first-order chi connectivity index (χ1) is 13.8. The molecule has 1 N–H and O–H groups in total. The van der Waals surface area contributed by atoms with Crippen molar-refractivity contribution in [2.24, 2.45) is 5.10 Å². The lowest BCUT2D eigenvalue weighted by atomic mass is 10.2. The van der Waals surface area contributed by atoms with E-state index in [-0.39, 0.29) is 0 Å². The number of para-hydroxylation sites is 1. The van der Waals surface area contributed by atoms with Crippen LogP contribution in [0.25, 0.3) is 15.9 Å². The standard InChI is InChI=1S/C21H17F3N4S/c1-13-10-15(12-25-27-20-26-18-8-3-4-9-19(18)29-20)14(2)28(13)17-7-5-6-16(11-17)21(22,23)24/h3-12H,1-2H3,(H,26,27). The highest BCUT2D eigenvalue weighted by atomic mass is 32.1. The van der Waals surface area contributed by atoms with Gasteiger partial charge in [-0.25, -0.2) is 4.98 Å². The SMILES string of the molecule is Cc1cc(C=NNc2nc3ccccc3s2)c(C)n1-c1cccc(C(F)(F)F)c1. The number of aromatic nitrogens is 2. The summed E-state index contributed by atoms with van der Waals surface area (Å²) in [4.78, 5) is 4.45. The van der Waals surface area contributed by atoms with E-state index in [1.165, 1.54) is 17.4 Å². The molecule has 0 saturated heterocycles. The zero-order valence-electron chi connectivity index (χ0n) is 15.7. The predicted octanol–water partition coefficient (Wildman–Crippen LogP) is 6.17. The Balaban J connectivity index is 1.59. The Morgan fingerprint density at radius 2 is 1.86 bits per heavy atom. The maximum absolute atomic E-state index is 13.1. The quantitative estimate of drug-likeness (QED) is 0.321. The molecule has 148 valence electrons. The Kier molecular flexibility index (Phi) is 4.87. The fourth-order valence-corrected chi connectivity index (χ4v) is 4.03. The zero-order valence-corrected chi connectivity index (χ0v) is 16.5. The van der Waals surface area contributed by atoms with Crippen molar-refractivity contribution in [3.05, 3.63) is 77.1 Å². The van der Waals surface area contributed by atoms with Crippen LogP contribution in [0.2, 0.25) is 0 Å². The van der Waals surface area contributed by atoms with E-state index in [1.807, 2.05) is 44.2 Å². The number of thiazole rings is 1. The molecule has 0 aliphatic heterocycles. The number of fused-ring (bicyclic) bond motifs is 1. The normalized spacial score (nSPS) is 12.2. The summed E-state index contributed by atoms with van der Waals surface area (Å²) in [6.45, 7) is 3.71. The smallest absolute Gasteiger partial charge is 0.318 e. The van der Waals surface area contributed by atoms with Gasteiger partial charge in [0.05, 0.1) is 22.0 Å². The third-order valence-electron chi connectivity index (χ3n) is 4.56. The lowest BCUT2D eigenvalue weighted by Gasteiger charge is -2.13. The van der Waals surface area contributed by atoms with Gasteiger partial charge in [-0.3, -0.25) is 5.43 Å². The Morgan fingerprint density at radius 3 is 2.62 bits per heavy atom. The first kappa shape index (κ1) is 19.2. The zero-order chi connectivity index (χ0) is 20.6. The van der Waals surface area contributed by atoms with E-state index in [1.54, 1.807) is 16.8 Å². The molecular weight excluding hydrogens is 397 g/mol. The third kappa shape index (κ3) is 3.88. The van der Waals surface area contributed by atoms with Crippen molar-refractivity contribution in [1.29, 1.82) is 0 Å². The number of hydrogen-bond acceptors (Lipinski definition) is 4. The number of nitrogens with one attached hydrogen (secondary N) is 1. The van der Waals surface area contributed by atoms with Gasteiger partial charge < -0.3 is 4.57 Å². The fourth-order valence-electron chi connectivity index (χ4n) is 3.21. The number of benzene rings is 2. The minimum absolute atomic E-state index is 0.466. The monoisotopic (exact) mass is 414 g/mol. The summed E-state index contributed by atoms with van der Waals surface area (Å²) in [6, 6.07) is 15.0. The molecule has 0 fully saturated rings. The van der Waals surface area contributed by atoms with Gasteiger partial charge in [-0.15, -0.1) is 0 Å². The van der Waals surface area contributed by atoms with Crippen molar-refractivity contribution in [2.75, 3.05) is 5.43 Å². The number of hydrogen-bond donors (Lipinski definition) is 1. The molecule has 0 aliphatic carbocycles. The third-order valence-corrected chi connectivity index (χ3v) is 5.50. The second-order valence-electron chi connectivity index (χ2n) is 6.57. The van der Waals surface area contributed by atoms with E-state index in [4.69, 9.17) is 0 Å². The first-order valence-corrected chi connectivity index (χ1v) is 9.66. The number of hydrazone groups is 1. The van der Waals surface area contributed by atoms with Crippen LogP contribution in [-0.2, 0) is 6.18 Å².